The molecule has 1 aromatic carbocycles. The zero-order valence-electron chi connectivity index (χ0n) is 12.2. The van der Waals surface area contributed by atoms with Crippen LogP contribution in [0.5, 0.6) is 5.75 Å². The van der Waals surface area contributed by atoms with Crippen LogP contribution in [0.15, 0.2) is 24.3 Å². The van der Waals surface area contributed by atoms with Crippen LogP contribution in [0.1, 0.15) is 24.8 Å². The molecule has 2 unspecified atom stereocenters. The molecule has 0 spiro atoms. The van der Waals surface area contributed by atoms with Crippen molar-refractivity contribution in [2.45, 2.75) is 26.2 Å². The van der Waals surface area contributed by atoms with Crippen LogP contribution in [-0.2, 0) is 9.59 Å². The molecule has 2 atom stereocenters. The number of carboxylic acid groups (broad SMARTS) is 1. The van der Waals surface area contributed by atoms with Gasteiger partial charge in [-0.15, -0.1) is 0 Å². The number of hydrogen-bond acceptors (Lipinski definition) is 3. The minimum absolute atomic E-state index is 0.149. The molecule has 0 bridgehead atoms. The van der Waals surface area contributed by atoms with Crippen molar-refractivity contribution in [3.63, 3.8) is 0 Å². The van der Waals surface area contributed by atoms with E-state index in [1.54, 1.807) is 0 Å². The van der Waals surface area contributed by atoms with Crippen LogP contribution in [0.4, 0.5) is 0 Å². The van der Waals surface area contributed by atoms with Gasteiger partial charge in [-0.1, -0.05) is 17.7 Å². The SMILES string of the molecule is Cc1ccc(OCCCNC(=O)C2CCC2C(=O)O)cc1. The lowest BCUT2D eigenvalue weighted by molar-refractivity contribution is -0.152. The van der Waals surface area contributed by atoms with Gasteiger partial charge in [0.2, 0.25) is 5.91 Å². The van der Waals surface area contributed by atoms with Gasteiger partial charge < -0.3 is 15.2 Å². The van der Waals surface area contributed by atoms with Crippen LogP contribution in [0.2, 0.25) is 0 Å². The standard InChI is InChI=1S/C16H21NO4/c1-11-3-5-12(6-4-11)21-10-2-9-17-15(18)13-7-8-14(13)16(19)20/h3-6,13-14H,2,7-10H2,1H3,(H,17,18)(H,19,20). The number of carbonyl (C=O) groups is 2. The molecule has 5 nitrogen and oxygen atoms in total. The maximum atomic E-state index is 11.8. The Labute approximate surface area is 124 Å². The molecular weight excluding hydrogens is 270 g/mol. The number of hydrogen-bond donors (Lipinski definition) is 2. The van der Waals surface area contributed by atoms with Crippen molar-refractivity contribution in [3.8, 4) is 5.75 Å². The summed E-state index contributed by atoms with van der Waals surface area (Å²) in [6, 6.07) is 7.80. The second-order valence-electron chi connectivity index (χ2n) is 5.43. The summed E-state index contributed by atoms with van der Waals surface area (Å²) in [5.41, 5.74) is 1.18. The Kier molecular flexibility index (Phi) is 5.20. The van der Waals surface area contributed by atoms with Crippen molar-refractivity contribution in [2.24, 2.45) is 11.8 Å². The average Bonchev–Trinajstić information content (AvgIpc) is 2.38. The summed E-state index contributed by atoms with van der Waals surface area (Å²) >= 11 is 0. The van der Waals surface area contributed by atoms with E-state index in [0.29, 0.717) is 32.4 Å². The summed E-state index contributed by atoms with van der Waals surface area (Å²) in [6.45, 7) is 3.05. The number of amides is 1. The lowest BCUT2D eigenvalue weighted by Crippen LogP contribution is -2.44. The molecule has 0 radical (unpaired) electrons. The summed E-state index contributed by atoms with van der Waals surface area (Å²) in [5, 5.41) is 11.7. The number of benzene rings is 1. The van der Waals surface area contributed by atoms with Crippen LogP contribution >= 0.6 is 0 Å². The van der Waals surface area contributed by atoms with E-state index in [0.717, 1.165) is 5.75 Å². The largest absolute Gasteiger partial charge is 0.494 e. The maximum Gasteiger partial charge on any atom is 0.307 e. The summed E-state index contributed by atoms with van der Waals surface area (Å²) in [6.07, 6.45) is 1.97. The van der Waals surface area contributed by atoms with Gasteiger partial charge in [-0.3, -0.25) is 9.59 Å². The van der Waals surface area contributed by atoms with E-state index >= 15 is 0 Å². The molecule has 0 aromatic heterocycles. The number of carbonyl (C=O) groups excluding carboxylic acids is 1. The highest BCUT2D eigenvalue weighted by Gasteiger charge is 2.41. The van der Waals surface area contributed by atoms with Crippen molar-refractivity contribution in [2.75, 3.05) is 13.2 Å². The van der Waals surface area contributed by atoms with E-state index in [1.165, 1.54) is 5.56 Å². The van der Waals surface area contributed by atoms with Gasteiger partial charge in [0.15, 0.2) is 0 Å². The Hall–Kier alpha value is -2.04. The Bertz CT molecular complexity index is 498. The second kappa shape index (κ2) is 7.11. The first-order valence-corrected chi connectivity index (χ1v) is 7.28. The van der Waals surface area contributed by atoms with Crippen molar-refractivity contribution >= 4 is 11.9 Å². The van der Waals surface area contributed by atoms with Gasteiger partial charge in [0.25, 0.3) is 0 Å². The lowest BCUT2D eigenvalue weighted by atomic mass is 9.73. The van der Waals surface area contributed by atoms with Crippen LogP contribution in [-0.4, -0.2) is 30.1 Å². The third-order valence-electron chi connectivity index (χ3n) is 3.84. The van der Waals surface area contributed by atoms with Crippen LogP contribution in [0.3, 0.4) is 0 Å². The maximum absolute atomic E-state index is 11.8. The van der Waals surface area contributed by atoms with Gasteiger partial charge in [0, 0.05) is 6.54 Å². The summed E-state index contributed by atoms with van der Waals surface area (Å²) in [7, 11) is 0. The van der Waals surface area contributed by atoms with Crippen molar-refractivity contribution < 1.29 is 19.4 Å². The molecule has 0 heterocycles. The fraction of sp³-hybridized carbons (Fsp3) is 0.500. The van der Waals surface area contributed by atoms with Crippen molar-refractivity contribution in [1.82, 2.24) is 5.32 Å². The van der Waals surface area contributed by atoms with Crippen LogP contribution < -0.4 is 10.1 Å². The summed E-state index contributed by atoms with van der Waals surface area (Å²) < 4.78 is 5.56. The molecule has 5 heteroatoms. The quantitative estimate of drug-likeness (QED) is 0.753. The predicted molar refractivity (Wildman–Crippen MR) is 78.2 cm³/mol. The monoisotopic (exact) mass is 291 g/mol. The van der Waals surface area contributed by atoms with Crippen molar-refractivity contribution in [1.29, 1.82) is 0 Å². The molecule has 1 aromatic rings. The third-order valence-corrected chi connectivity index (χ3v) is 3.84. The molecule has 1 fully saturated rings. The first-order valence-electron chi connectivity index (χ1n) is 7.28. The molecule has 0 saturated heterocycles. The number of ether oxygens (including phenoxy) is 1. The average molecular weight is 291 g/mol. The molecule has 1 aliphatic carbocycles. The van der Waals surface area contributed by atoms with Crippen molar-refractivity contribution in [3.05, 3.63) is 29.8 Å². The van der Waals surface area contributed by atoms with E-state index in [4.69, 9.17) is 9.84 Å². The first kappa shape index (κ1) is 15.4. The highest BCUT2D eigenvalue weighted by molar-refractivity contribution is 5.86. The molecule has 21 heavy (non-hydrogen) atoms. The molecule has 2 N–H and O–H groups in total. The Morgan fingerprint density at radius 2 is 1.90 bits per heavy atom. The third kappa shape index (κ3) is 4.21. The van der Waals surface area contributed by atoms with Gasteiger partial charge >= 0.3 is 5.97 Å². The molecule has 0 aliphatic heterocycles. The van der Waals surface area contributed by atoms with Gasteiger partial charge in [-0.25, -0.2) is 0 Å². The van der Waals surface area contributed by atoms with E-state index in [-0.39, 0.29) is 11.8 Å². The Morgan fingerprint density at radius 3 is 2.48 bits per heavy atom. The highest BCUT2D eigenvalue weighted by atomic mass is 16.5. The Morgan fingerprint density at radius 1 is 1.24 bits per heavy atom. The predicted octanol–water partition coefficient (Wildman–Crippen LogP) is 1.99. The zero-order chi connectivity index (χ0) is 15.2. The minimum atomic E-state index is -0.871. The first-order chi connectivity index (χ1) is 10.1. The van der Waals surface area contributed by atoms with E-state index in [9.17, 15) is 9.59 Å². The number of nitrogens with one attached hydrogen (secondary N) is 1. The molecule has 2 rings (SSSR count). The number of aryl methyl sites for hydroxylation is 1. The fourth-order valence-electron chi connectivity index (χ4n) is 2.35. The van der Waals surface area contributed by atoms with Gasteiger partial charge in [0.1, 0.15) is 5.75 Å². The second-order valence-corrected chi connectivity index (χ2v) is 5.43. The van der Waals surface area contributed by atoms with E-state index < -0.39 is 11.9 Å². The normalized spacial score (nSPS) is 20.4. The van der Waals surface area contributed by atoms with Crippen LogP contribution in [0, 0.1) is 18.8 Å². The van der Waals surface area contributed by atoms with Crippen LogP contribution in [0.25, 0.3) is 0 Å². The van der Waals surface area contributed by atoms with E-state index in [2.05, 4.69) is 5.32 Å². The molecular formula is C16H21NO4. The molecule has 1 saturated carbocycles. The lowest BCUT2D eigenvalue weighted by Gasteiger charge is -2.31. The number of aliphatic carboxylic acids is 1. The summed E-state index contributed by atoms with van der Waals surface area (Å²) in [5.74, 6) is -1.07. The van der Waals surface area contributed by atoms with Gasteiger partial charge in [-0.2, -0.15) is 0 Å². The number of carboxylic acids is 1. The Balaban J connectivity index is 1.60. The smallest absolute Gasteiger partial charge is 0.307 e. The zero-order valence-corrected chi connectivity index (χ0v) is 12.2. The molecule has 1 amide bonds. The minimum Gasteiger partial charge on any atom is -0.494 e. The van der Waals surface area contributed by atoms with Gasteiger partial charge in [-0.05, 0) is 38.3 Å². The highest BCUT2D eigenvalue weighted by Crippen LogP contribution is 2.34. The van der Waals surface area contributed by atoms with Gasteiger partial charge in [0.05, 0.1) is 18.4 Å². The molecule has 114 valence electrons. The number of rotatable bonds is 7. The fourth-order valence-corrected chi connectivity index (χ4v) is 2.35. The van der Waals surface area contributed by atoms with E-state index in [1.807, 2.05) is 31.2 Å². The summed E-state index contributed by atoms with van der Waals surface area (Å²) in [4.78, 5) is 22.6. The topological polar surface area (TPSA) is 75.6 Å². The molecule has 1 aliphatic rings.